The normalized spacial score (nSPS) is 16.9. The molecule has 0 aliphatic carbocycles. The van der Waals surface area contributed by atoms with Gasteiger partial charge in [0.05, 0.1) is 20.3 Å². The third-order valence-corrected chi connectivity index (χ3v) is 7.82. The number of amides is 1. The van der Waals surface area contributed by atoms with E-state index in [2.05, 4.69) is 15.3 Å². The molecule has 5 rings (SSSR count). The van der Waals surface area contributed by atoms with Gasteiger partial charge in [-0.25, -0.2) is 4.99 Å². The van der Waals surface area contributed by atoms with E-state index in [-0.39, 0.29) is 25.5 Å². The van der Waals surface area contributed by atoms with Gasteiger partial charge in [0.25, 0.3) is 5.91 Å². The molecule has 0 unspecified atom stereocenters. The number of benzene rings is 4. The molecule has 46 heavy (non-hydrogen) atoms. The number of hydrogen-bond donors (Lipinski definition) is 2. The Labute approximate surface area is 268 Å². The van der Waals surface area contributed by atoms with E-state index in [0.29, 0.717) is 43.2 Å². The van der Waals surface area contributed by atoms with Crippen molar-refractivity contribution >= 4 is 11.8 Å². The fraction of sp³-hybridized carbons (Fsp3) is 0.278. The zero-order valence-corrected chi connectivity index (χ0v) is 25.7. The van der Waals surface area contributed by atoms with Crippen molar-refractivity contribution in [3.63, 3.8) is 0 Å². The van der Waals surface area contributed by atoms with Gasteiger partial charge in [-0.15, -0.1) is 0 Å². The molecule has 0 saturated heterocycles. The summed E-state index contributed by atoms with van der Waals surface area (Å²) >= 11 is 0. The van der Waals surface area contributed by atoms with Crippen LogP contribution in [0.15, 0.2) is 113 Å². The van der Waals surface area contributed by atoms with Gasteiger partial charge in [-0.1, -0.05) is 71.8 Å². The standard InChI is InChI=1S/C36H37N5O5/c1-44-31-13-7-11-26(23-31)19-20-38-35(43)36(24-27-9-3-2-4-10-27)33(32-14-6-5-12-29(32)25-39-41-37)46-34(40-36)28-15-17-30(18-16-28)45-22-8-21-42/h2-7,9-18,23,33,42H,8,19-22,24-25H2,1H3,(H,38,43)/t33-,36-/m1/s1. The summed E-state index contributed by atoms with van der Waals surface area (Å²) < 4.78 is 17.7. The molecular formula is C36H37N5O5. The molecule has 1 aliphatic rings. The van der Waals surface area contributed by atoms with Crippen LogP contribution in [0.3, 0.4) is 0 Å². The molecule has 10 heteroatoms. The lowest BCUT2D eigenvalue weighted by Crippen LogP contribution is -2.50. The Kier molecular flexibility index (Phi) is 10.9. The number of nitrogens with zero attached hydrogens (tertiary/aromatic N) is 4. The summed E-state index contributed by atoms with van der Waals surface area (Å²) in [5, 5.41) is 16.0. The van der Waals surface area contributed by atoms with Crippen LogP contribution in [0.4, 0.5) is 0 Å². The van der Waals surface area contributed by atoms with Crippen LogP contribution < -0.4 is 14.8 Å². The van der Waals surface area contributed by atoms with E-state index < -0.39 is 11.6 Å². The maximum atomic E-state index is 14.5. The van der Waals surface area contributed by atoms with Crippen molar-refractivity contribution in [2.75, 3.05) is 26.9 Å². The Balaban J connectivity index is 1.54. The average Bonchev–Trinajstić information content (AvgIpc) is 3.48. The highest BCUT2D eigenvalue weighted by molar-refractivity contribution is 6.01. The monoisotopic (exact) mass is 619 g/mol. The third kappa shape index (κ3) is 7.66. The van der Waals surface area contributed by atoms with Crippen LogP contribution in [0.2, 0.25) is 0 Å². The molecule has 1 aliphatic heterocycles. The largest absolute Gasteiger partial charge is 0.497 e. The zero-order chi connectivity index (χ0) is 32.2. The average molecular weight is 620 g/mol. The first kappa shape index (κ1) is 32.1. The maximum absolute atomic E-state index is 14.5. The van der Waals surface area contributed by atoms with Crippen LogP contribution in [0, 0.1) is 0 Å². The molecule has 0 bridgehead atoms. The lowest BCUT2D eigenvalue weighted by Gasteiger charge is -2.32. The minimum absolute atomic E-state index is 0.0520. The molecule has 0 aromatic heterocycles. The highest BCUT2D eigenvalue weighted by Crippen LogP contribution is 2.43. The zero-order valence-electron chi connectivity index (χ0n) is 25.7. The summed E-state index contributed by atoms with van der Waals surface area (Å²) in [6, 6.07) is 32.3. The first-order valence-corrected chi connectivity index (χ1v) is 15.2. The molecule has 4 aromatic carbocycles. The van der Waals surface area contributed by atoms with Crippen molar-refractivity contribution in [2.45, 2.75) is 37.5 Å². The SMILES string of the molecule is COc1cccc(CCNC(=O)[C@]2(Cc3ccccc3)N=C(c3ccc(OCCCO)cc3)O[C@@H]2c2ccccc2CN=[N+]=[N-])c1. The molecule has 10 nitrogen and oxygen atoms in total. The molecule has 1 heterocycles. The second-order valence-corrected chi connectivity index (χ2v) is 10.9. The van der Waals surface area contributed by atoms with E-state index in [1.165, 1.54) is 0 Å². The van der Waals surface area contributed by atoms with E-state index in [1.807, 2.05) is 103 Å². The summed E-state index contributed by atoms with van der Waals surface area (Å²) in [5.41, 5.74) is 11.8. The van der Waals surface area contributed by atoms with Gasteiger partial charge in [0.1, 0.15) is 11.5 Å². The third-order valence-electron chi connectivity index (χ3n) is 7.82. The summed E-state index contributed by atoms with van der Waals surface area (Å²) in [6.07, 6.45) is 0.580. The van der Waals surface area contributed by atoms with Gasteiger partial charge in [-0.05, 0) is 70.6 Å². The quantitative estimate of drug-likeness (QED) is 0.0714. The number of carbonyl (C=O) groups excluding carboxylic acids is 1. The van der Waals surface area contributed by atoms with Crippen LogP contribution in [0.1, 0.15) is 40.3 Å². The van der Waals surface area contributed by atoms with E-state index in [1.54, 1.807) is 7.11 Å². The Bertz CT molecular complexity index is 1690. The van der Waals surface area contributed by atoms with Crippen LogP contribution >= 0.6 is 0 Å². The number of aliphatic imine (C=N–C) groups is 1. The number of carbonyl (C=O) groups is 1. The van der Waals surface area contributed by atoms with Crippen LogP contribution in [0.25, 0.3) is 10.4 Å². The lowest BCUT2D eigenvalue weighted by molar-refractivity contribution is -0.128. The van der Waals surface area contributed by atoms with Gasteiger partial charge in [-0.3, -0.25) is 4.79 Å². The van der Waals surface area contributed by atoms with E-state index >= 15 is 0 Å². The number of rotatable bonds is 15. The maximum Gasteiger partial charge on any atom is 0.252 e. The second kappa shape index (κ2) is 15.6. The second-order valence-electron chi connectivity index (χ2n) is 10.9. The fourth-order valence-electron chi connectivity index (χ4n) is 5.51. The predicted octanol–water partition coefficient (Wildman–Crippen LogP) is 6.13. The molecule has 236 valence electrons. The molecule has 4 aromatic rings. The molecule has 0 fully saturated rings. The predicted molar refractivity (Wildman–Crippen MR) is 176 cm³/mol. The molecule has 2 N–H and O–H groups in total. The number of hydrogen-bond acceptors (Lipinski definition) is 7. The van der Waals surface area contributed by atoms with Gasteiger partial charge in [0, 0.05) is 36.5 Å². The number of ether oxygens (including phenoxy) is 3. The van der Waals surface area contributed by atoms with Gasteiger partial charge in [0.2, 0.25) is 5.90 Å². The summed E-state index contributed by atoms with van der Waals surface area (Å²) in [6.45, 7) is 0.921. The van der Waals surface area contributed by atoms with Crippen molar-refractivity contribution in [1.29, 1.82) is 0 Å². The first-order valence-electron chi connectivity index (χ1n) is 15.2. The van der Waals surface area contributed by atoms with E-state index in [0.717, 1.165) is 28.0 Å². The Morgan fingerprint density at radius 1 is 1.00 bits per heavy atom. The molecule has 0 saturated carbocycles. The van der Waals surface area contributed by atoms with Crippen LogP contribution in [-0.2, 0) is 28.9 Å². The molecule has 2 atom stereocenters. The Morgan fingerprint density at radius 2 is 1.76 bits per heavy atom. The minimum atomic E-state index is -1.38. The molecular weight excluding hydrogens is 582 g/mol. The Hall–Kier alpha value is -5.31. The topological polar surface area (TPSA) is 138 Å². The van der Waals surface area contributed by atoms with Gasteiger partial charge in [-0.2, -0.15) is 0 Å². The number of aliphatic hydroxyl groups is 1. The first-order chi connectivity index (χ1) is 22.6. The molecule has 0 spiro atoms. The van der Waals surface area contributed by atoms with Gasteiger partial charge < -0.3 is 24.6 Å². The smallest absolute Gasteiger partial charge is 0.252 e. The van der Waals surface area contributed by atoms with Gasteiger partial charge >= 0.3 is 0 Å². The van der Waals surface area contributed by atoms with Gasteiger partial charge in [0.15, 0.2) is 11.6 Å². The van der Waals surface area contributed by atoms with Crippen LogP contribution in [0.5, 0.6) is 11.5 Å². The van der Waals surface area contributed by atoms with Crippen molar-refractivity contribution in [3.05, 3.63) is 141 Å². The van der Waals surface area contributed by atoms with E-state index in [4.69, 9.17) is 29.8 Å². The fourth-order valence-corrected chi connectivity index (χ4v) is 5.51. The minimum Gasteiger partial charge on any atom is -0.497 e. The van der Waals surface area contributed by atoms with Crippen molar-refractivity contribution < 1.29 is 24.1 Å². The van der Waals surface area contributed by atoms with Crippen LogP contribution in [-0.4, -0.2) is 49.3 Å². The highest BCUT2D eigenvalue weighted by Gasteiger charge is 2.53. The number of azide groups is 1. The van der Waals surface area contributed by atoms with E-state index in [9.17, 15) is 4.79 Å². The number of nitrogens with one attached hydrogen (secondary N) is 1. The van der Waals surface area contributed by atoms with Crippen molar-refractivity contribution in [3.8, 4) is 11.5 Å². The van der Waals surface area contributed by atoms with Crippen molar-refractivity contribution in [1.82, 2.24) is 5.32 Å². The highest BCUT2D eigenvalue weighted by atomic mass is 16.5. The summed E-state index contributed by atoms with van der Waals surface area (Å²) in [5.74, 6) is 1.45. The summed E-state index contributed by atoms with van der Waals surface area (Å²) in [7, 11) is 1.63. The summed E-state index contributed by atoms with van der Waals surface area (Å²) in [4.78, 5) is 22.6. The Morgan fingerprint density at radius 3 is 2.52 bits per heavy atom. The molecule has 1 amide bonds. The number of aliphatic hydroxyl groups excluding tert-OH is 1. The van der Waals surface area contributed by atoms with Crippen molar-refractivity contribution in [2.24, 2.45) is 10.1 Å². The molecule has 0 radical (unpaired) electrons. The lowest BCUT2D eigenvalue weighted by atomic mass is 9.80. The number of methoxy groups -OCH3 is 1.